The van der Waals surface area contributed by atoms with Crippen LogP contribution in [0.15, 0.2) is 53.3 Å². The zero-order valence-corrected chi connectivity index (χ0v) is 19.0. The lowest BCUT2D eigenvalue weighted by atomic mass is 10.1. The van der Waals surface area contributed by atoms with Gasteiger partial charge >= 0.3 is 0 Å². The minimum Gasteiger partial charge on any atom is -0.352 e. The number of carbonyl (C=O) groups excluding carboxylic acids is 2. The maximum Gasteiger partial charge on any atom is 0.269 e. The third kappa shape index (κ3) is 5.47. The molecule has 1 amide bonds. The molecule has 0 spiro atoms. The number of rotatable bonds is 6. The minimum atomic E-state index is -0.281. The van der Waals surface area contributed by atoms with Crippen LogP contribution in [0.1, 0.15) is 40.9 Å². The second-order valence-electron chi connectivity index (χ2n) is 7.74. The summed E-state index contributed by atoms with van der Waals surface area (Å²) in [6.07, 6.45) is 3.26. The van der Waals surface area contributed by atoms with Gasteiger partial charge in [0.05, 0.1) is 4.53 Å². The Morgan fingerprint density at radius 3 is 2.32 bits per heavy atom. The molecule has 0 radical (unpaired) electrons. The molecule has 0 atom stereocenters. The molecule has 0 unspecified atom stereocenters. The van der Waals surface area contributed by atoms with E-state index in [1.54, 1.807) is 6.07 Å². The lowest BCUT2D eigenvalue weighted by Crippen LogP contribution is -2.40. The van der Waals surface area contributed by atoms with Crippen LogP contribution in [0.2, 0.25) is 0 Å². The highest BCUT2D eigenvalue weighted by Gasteiger charge is 2.13. The van der Waals surface area contributed by atoms with Gasteiger partial charge in [0.15, 0.2) is 5.78 Å². The molecule has 160 valence electrons. The Kier molecular flexibility index (Phi) is 7.02. The first kappa shape index (κ1) is 22.4. The molecule has 1 N–H and O–H groups in total. The van der Waals surface area contributed by atoms with Gasteiger partial charge in [0.25, 0.3) is 5.56 Å². The topological polar surface area (TPSA) is 68.2 Å². The van der Waals surface area contributed by atoms with Crippen molar-refractivity contribution in [2.45, 2.75) is 40.3 Å². The average Bonchev–Trinajstić information content (AvgIpc) is 2.98. The van der Waals surface area contributed by atoms with Crippen molar-refractivity contribution in [2.75, 3.05) is 0 Å². The van der Waals surface area contributed by atoms with Gasteiger partial charge in [-0.2, -0.15) is 0 Å². The standard InChI is InChI=1S/C25H26N2O3S/c1-16(2)26-23(29)15-27-24(14-21(28)20-12-8-6-10-18(20)4)31-22(25(27)30)13-19-11-7-5-9-17(19)3/h5-14,16H,15H2,1-4H3,(H,26,29)/b22-13+,24-14-. The second-order valence-corrected chi connectivity index (χ2v) is 8.80. The van der Waals surface area contributed by atoms with E-state index in [1.807, 2.05) is 76.2 Å². The van der Waals surface area contributed by atoms with E-state index in [9.17, 15) is 14.4 Å². The highest BCUT2D eigenvalue weighted by molar-refractivity contribution is 7.07. The summed E-state index contributed by atoms with van der Waals surface area (Å²) in [5.41, 5.74) is 3.12. The molecule has 0 bridgehead atoms. The first-order valence-electron chi connectivity index (χ1n) is 10.1. The molecule has 0 saturated heterocycles. The number of ketones is 1. The molecule has 3 aromatic rings. The maximum atomic E-state index is 13.1. The van der Waals surface area contributed by atoms with Crippen LogP contribution in [-0.2, 0) is 11.3 Å². The molecule has 31 heavy (non-hydrogen) atoms. The summed E-state index contributed by atoms with van der Waals surface area (Å²) < 4.78 is 2.32. The highest BCUT2D eigenvalue weighted by atomic mass is 32.1. The fourth-order valence-corrected chi connectivity index (χ4v) is 4.27. The first-order valence-corrected chi connectivity index (χ1v) is 11.0. The number of nitrogens with zero attached hydrogens (tertiary/aromatic N) is 1. The van der Waals surface area contributed by atoms with Gasteiger partial charge in [-0.25, -0.2) is 0 Å². The van der Waals surface area contributed by atoms with Crippen LogP contribution in [0.4, 0.5) is 0 Å². The smallest absolute Gasteiger partial charge is 0.269 e. The molecule has 0 aliphatic heterocycles. The molecular weight excluding hydrogens is 408 g/mol. The largest absolute Gasteiger partial charge is 0.352 e. The quantitative estimate of drug-likeness (QED) is 0.607. The van der Waals surface area contributed by atoms with Crippen LogP contribution in [0.3, 0.4) is 0 Å². The molecule has 0 aliphatic rings. The maximum absolute atomic E-state index is 13.1. The summed E-state index contributed by atoms with van der Waals surface area (Å²) in [5.74, 6) is -0.463. The van der Waals surface area contributed by atoms with E-state index in [4.69, 9.17) is 0 Å². The zero-order valence-electron chi connectivity index (χ0n) is 18.1. The molecule has 2 aromatic carbocycles. The predicted molar refractivity (Wildman–Crippen MR) is 126 cm³/mol. The Labute approximate surface area is 185 Å². The van der Waals surface area contributed by atoms with Gasteiger partial charge < -0.3 is 5.32 Å². The number of aryl methyl sites for hydroxylation is 2. The van der Waals surface area contributed by atoms with Gasteiger partial charge in [0.2, 0.25) is 5.91 Å². The predicted octanol–water partition coefficient (Wildman–Crippen LogP) is 2.54. The molecule has 5 nitrogen and oxygen atoms in total. The number of hydrogen-bond acceptors (Lipinski definition) is 4. The lowest BCUT2D eigenvalue weighted by molar-refractivity contribution is -0.122. The van der Waals surface area contributed by atoms with Gasteiger partial charge in [0, 0.05) is 17.7 Å². The van der Waals surface area contributed by atoms with Gasteiger partial charge in [-0.1, -0.05) is 48.5 Å². The number of Topliss-reactive ketones (excluding diaryl/α,β-unsaturated/α-hetero) is 1. The van der Waals surface area contributed by atoms with Crippen LogP contribution in [0.5, 0.6) is 0 Å². The van der Waals surface area contributed by atoms with E-state index >= 15 is 0 Å². The van der Waals surface area contributed by atoms with Crippen molar-refractivity contribution < 1.29 is 9.59 Å². The van der Waals surface area contributed by atoms with Crippen molar-refractivity contribution in [3.05, 3.63) is 90.3 Å². The van der Waals surface area contributed by atoms with Crippen LogP contribution in [-0.4, -0.2) is 22.3 Å². The summed E-state index contributed by atoms with van der Waals surface area (Å²) in [6.45, 7) is 7.43. The number of thiazole rings is 1. The van der Waals surface area contributed by atoms with Crippen molar-refractivity contribution in [3.63, 3.8) is 0 Å². The first-order chi connectivity index (χ1) is 14.8. The second kappa shape index (κ2) is 9.71. The summed E-state index contributed by atoms with van der Waals surface area (Å²) in [6, 6.07) is 15.0. The Bertz CT molecular complexity index is 1300. The number of benzene rings is 2. The normalized spacial score (nSPS) is 12.4. The number of amides is 1. The van der Waals surface area contributed by atoms with Crippen LogP contribution >= 0.6 is 11.3 Å². The Morgan fingerprint density at radius 2 is 1.68 bits per heavy atom. The molecular formula is C25H26N2O3S. The molecule has 1 aromatic heterocycles. The number of hydrogen-bond donors (Lipinski definition) is 1. The molecule has 6 heteroatoms. The molecule has 0 fully saturated rings. The molecule has 0 saturated carbocycles. The Balaban J connectivity index is 2.16. The zero-order chi connectivity index (χ0) is 22.5. The van der Waals surface area contributed by atoms with E-state index in [1.165, 1.54) is 22.0 Å². The highest BCUT2D eigenvalue weighted by Crippen LogP contribution is 2.09. The van der Waals surface area contributed by atoms with Gasteiger partial charge in [-0.05, 0) is 50.5 Å². The summed E-state index contributed by atoms with van der Waals surface area (Å²) in [7, 11) is 0. The third-order valence-electron chi connectivity index (χ3n) is 4.83. The van der Waals surface area contributed by atoms with E-state index < -0.39 is 0 Å². The fourth-order valence-electron chi connectivity index (χ4n) is 3.23. The summed E-state index contributed by atoms with van der Waals surface area (Å²) >= 11 is 1.22. The summed E-state index contributed by atoms with van der Waals surface area (Å²) in [4.78, 5) is 38.4. The van der Waals surface area contributed by atoms with Crippen LogP contribution < -0.4 is 20.1 Å². The van der Waals surface area contributed by atoms with Gasteiger partial charge in [-0.15, -0.1) is 11.3 Å². The van der Waals surface area contributed by atoms with Crippen molar-refractivity contribution >= 4 is 35.2 Å². The van der Waals surface area contributed by atoms with Crippen LogP contribution in [0.25, 0.3) is 12.2 Å². The van der Waals surface area contributed by atoms with Gasteiger partial charge in [0.1, 0.15) is 11.2 Å². The Hall–Kier alpha value is -3.25. The number of nitrogens with one attached hydrogen (secondary N) is 1. The third-order valence-corrected chi connectivity index (χ3v) is 5.89. The average molecular weight is 435 g/mol. The molecule has 3 rings (SSSR count). The van der Waals surface area contributed by atoms with Crippen molar-refractivity contribution in [1.82, 2.24) is 9.88 Å². The number of carbonyl (C=O) groups is 2. The van der Waals surface area contributed by atoms with Crippen molar-refractivity contribution in [2.24, 2.45) is 0 Å². The van der Waals surface area contributed by atoms with E-state index in [-0.39, 0.29) is 29.8 Å². The SMILES string of the molecule is Cc1ccccc1/C=c1/s/c(=C\C(=O)c2ccccc2C)n(CC(=O)NC(C)C)c1=O. The van der Waals surface area contributed by atoms with E-state index in [0.29, 0.717) is 14.8 Å². The van der Waals surface area contributed by atoms with Crippen LogP contribution in [0, 0.1) is 13.8 Å². The summed E-state index contributed by atoms with van der Waals surface area (Å²) in [5, 5.41) is 2.80. The van der Waals surface area contributed by atoms with Gasteiger partial charge in [-0.3, -0.25) is 19.0 Å². The minimum absolute atomic E-state index is 0.0409. The van der Waals surface area contributed by atoms with Crippen molar-refractivity contribution in [1.29, 1.82) is 0 Å². The lowest BCUT2D eigenvalue weighted by Gasteiger charge is -2.08. The molecule has 0 aliphatic carbocycles. The van der Waals surface area contributed by atoms with Crippen molar-refractivity contribution in [3.8, 4) is 0 Å². The monoisotopic (exact) mass is 434 g/mol. The Morgan fingerprint density at radius 1 is 1.03 bits per heavy atom. The number of aromatic nitrogens is 1. The fraction of sp³-hybridized carbons (Fsp3) is 0.240. The van der Waals surface area contributed by atoms with E-state index in [0.717, 1.165) is 16.7 Å². The van der Waals surface area contributed by atoms with E-state index in [2.05, 4.69) is 5.32 Å². The molecule has 1 heterocycles.